The predicted molar refractivity (Wildman–Crippen MR) is 75.7 cm³/mol. The first-order chi connectivity index (χ1) is 11.0. The van der Waals surface area contributed by atoms with Gasteiger partial charge in [-0.15, -0.1) is 0 Å². The topological polar surface area (TPSA) is 119 Å². The van der Waals surface area contributed by atoms with Gasteiger partial charge in [-0.25, -0.2) is 0 Å². The van der Waals surface area contributed by atoms with E-state index >= 15 is 0 Å². The fourth-order valence-electron chi connectivity index (χ4n) is 2.72. The molecule has 0 aliphatic carbocycles. The van der Waals surface area contributed by atoms with Crippen molar-refractivity contribution in [2.75, 3.05) is 26.3 Å². The first kappa shape index (κ1) is 15.1. The number of likely N-dealkylation sites (tertiary alicyclic amines) is 1. The maximum atomic E-state index is 12.6. The Hall–Kier alpha value is -2.84. The second-order valence-electron chi connectivity index (χ2n) is 5.35. The molecule has 1 N–H and O–H groups in total. The summed E-state index contributed by atoms with van der Waals surface area (Å²) >= 11 is 0. The summed E-state index contributed by atoms with van der Waals surface area (Å²) in [6, 6.07) is 2.47. The molecule has 1 fully saturated rings. The van der Waals surface area contributed by atoms with Crippen LogP contribution in [-0.4, -0.2) is 53.1 Å². The van der Waals surface area contributed by atoms with Crippen molar-refractivity contribution in [1.29, 1.82) is 0 Å². The molecule has 122 valence electrons. The van der Waals surface area contributed by atoms with Gasteiger partial charge < -0.3 is 19.5 Å². The van der Waals surface area contributed by atoms with E-state index in [1.807, 2.05) is 0 Å². The van der Waals surface area contributed by atoms with Crippen LogP contribution < -0.4 is 9.47 Å². The number of amides is 1. The molecule has 23 heavy (non-hydrogen) atoms. The van der Waals surface area contributed by atoms with Gasteiger partial charge in [0.25, 0.3) is 11.6 Å². The van der Waals surface area contributed by atoms with E-state index in [0.717, 1.165) is 0 Å². The number of hydrogen-bond donors (Lipinski definition) is 1. The molecule has 0 spiro atoms. The van der Waals surface area contributed by atoms with E-state index in [1.54, 1.807) is 0 Å². The van der Waals surface area contributed by atoms with E-state index in [1.165, 1.54) is 17.0 Å². The van der Waals surface area contributed by atoms with Crippen LogP contribution in [0.1, 0.15) is 16.8 Å². The second-order valence-corrected chi connectivity index (χ2v) is 5.35. The summed E-state index contributed by atoms with van der Waals surface area (Å²) in [4.78, 5) is 35.5. The molecule has 1 aromatic rings. The summed E-state index contributed by atoms with van der Waals surface area (Å²) in [6.07, 6.45) is 0.333. The van der Waals surface area contributed by atoms with Gasteiger partial charge in [0.15, 0.2) is 11.5 Å². The molecule has 1 unspecified atom stereocenters. The quantitative estimate of drug-likeness (QED) is 0.649. The lowest BCUT2D eigenvalue weighted by Crippen LogP contribution is -2.30. The van der Waals surface area contributed by atoms with Gasteiger partial charge in [-0.1, -0.05) is 0 Å². The standard InChI is InChI=1S/C14H14N2O7/c17-13(15-2-1-8(7-15)14(18)19)9-5-11-12(23-4-3-22-11)6-10(9)16(20)21/h5-6,8H,1-4,7H2,(H,18,19). The first-order valence-electron chi connectivity index (χ1n) is 7.07. The van der Waals surface area contributed by atoms with Crippen molar-refractivity contribution < 1.29 is 29.1 Å². The Kier molecular flexibility index (Phi) is 3.77. The number of carboxylic acid groups (broad SMARTS) is 1. The molecule has 9 heteroatoms. The van der Waals surface area contributed by atoms with Crippen LogP contribution in [-0.2, 0) is 4.79 Å². The molecule has 1 atom stereocenters. The highest BCUT2D eigenvalue weighted by atomic mass is 16.6. The summed E-state index contributed by atoms with van der Waals surface area (Å²) < 4.78 is 10.6. The fourth-order valence-corrected chi connectivity index (χ4v) is 2.72. The molecule has 2 aliphatic rings. The molecule has 9 nitrogen and oxygen atoms in total. The Bertz CT molecular complexity index is 688. The van der Waals surface area contributed by atoms with Gasteiger partial charge in [0.1, 0.15) is 18.8 Å². The van der Waals surface area contributed by atoms with Crippen LogP contribution in [0.3, 0.4) is 0 Å². The molecule has 3 rings (SSSR count). The summed E-state index contributed by atoms with van der Waals surface area (Å²) in [7, 11) is 0. The van der Waals surface area contributed by atoms with Crippen LogP contribution in [0, 0.1) is 16.0 Å². The number of fused-ring (bicyclic) bond motifs is 1. The summed E-state index contributed by atoms with van der Waals surface area (Å²) in [5.74, 6) is -1.69. The lowest BCUT2D eigenvalue weighted by Gasteiger charge is -2.20. The van der Waals surface area contributed by atoms with Crippen LogP contribution >= 0.6 is 0 Å². The largest absolute Gasteiger partial charge is 0.486 e. The molecule has 0 bridgehead atoms. The third kappa shape index (κ3) is 2.77. The van der Waals surface area contributed by atoms with Crippen LogP contribution in [0.2, 0.25) is 0 Å². The molecule has 0 aromatic heterocycles. The normalized spacial score (nSPS) is 19.5. The third-order valence-electron chi connectivity index (χ3n) is 3.91. The number of rotatable bonds is 3. The average Bonchev–Trinajstić information content (AvgIpc) is 3.03. The Labute approximate surface area is 130 Å². The number of carbonyl (C=O) groups is 2. The predicted octanol–water partition coefficient (Wildman–Crippen LogP) is 0.913. The molecule has 0 radical (unpaired) electrons. The van der Waals surface area contributed by atoms with E-state index in [0.29, 0.717) is 13.0 Å². The van der Waals surface area contributed by atoms with Crippen molar-refractivity contribution in [3.63, 3.8) is 0 Å². The third-order valence-corrected chi connectivity index (χ3v) is 3.91. The Morgan fingerprint density at radius 1 is 1.26 bits per heavy atom. The second kappa shape index (κ2) is 5.75. The Morgan fingerprint density at radius 3 is 2.48 bits per heavy atom. The lowest BCUT2D eigenvalue weighted by atomic mass is 10.1. The number of carboxylic acids is 1. The number of aliphatic carboxylic acids is 1. The van der Waals surface area contributed by atoms with Gasteiger partial charge in [0.2, 0.25) is 0 Å². The molecule has 0 saturated carbocycles. The minimum atomic E-state index is -0.975. The number of nitro benzene ring substituents is 1. The minimum absolute atomic E-state index is 0.0414. The molecular formula is C14H14N2O7. The fraction of sp³-hybridized carbons (Fsp3) is 0.429. The highest BCUT2D eigenvalue weighted by Crippen LogP contribution is 2.37. The number of hydrogen-bond acceptors (Lipinski definition) is 6. The van der Waals surface area contributed by atoms with Crippen LogP contribution in [0.5, 0.6) is 11.5 Å². The molecule has 1 saturated heterocycles. The SMILES string of the molecule is O=C(O)C1CCN(C(=O)c2cc3c(cc2[N+](=O)[O-])OCCO3)C1. The zero-order chi connectivity index (χ0) is 16.6. The number of ether oxygens (including phenoxy) is 2. The summed E-state index contributed by atoms with van der Waals surface area (Å²) in [5.41, 5.74) is -0.497. The van der Waals surface area contributed by atoms with Gasteiger partial charge in [0.05, 0.1) is 16.9 Å². The van der Waals surface area contributed by atoms with Gasteiger partial charge in [-0.2, -0.15) is 0 Å². The van der Waals surface area contributed by atoms with Crippen LogP contribution in [0.4, 0.5) is 5.69 Å². The van der Waals surface area contributed by atoms with E-state index in [4.69, 9.17) is 14.6 Å². The number of benzene rings is 1. The zero-order valence-electron chi connectivity index (χ0n) is 12.1. The van der Waals surface area contributed by atoms with Crippen LogP contribution in [0.25, 0.3) is 0 Å². The Morgan fingerprint density at radius 2 is 1.91 bits per heavy atom. The molecular weight excluding hydrogens is 308 g/mol. The minimum Gasteiger partial charge on any atom is -0.486 e. The van der Waals surface area contributed by atoms with E-state index in [9.17, 15) is 19.7 Å². The van der Waals surface area contributed by atoms with Crippen LogP contribution in [0.15, 0.2) is 12.1 Å². The highest BCUT2D eigenvalue weighted by Gasteiger charge is 2.35. The smallest absolute Gasteiger partial charge is 0.308 e. The number of carbonyl (C=O) groups excluding carboxylic acids is 1. The van der Waals surface area contributed by atoms with Crippen molar-refractivity contribution in [2.24, 2.45) is 5.92 Å². The summed E-state index contributed by atoms with van der Waals surface area (Å²) in [6.45, 7) is 0.869. The first-order valence-corrected chi connectivity index (χ1v) is 7.07. The van der Waals surface area contributed by atoms with Gasteiger partial charge in [-0.05, 0) is 6.42 Å². The van der Waals surface area contributed by atoms with Gasteiger partial charge in [0, 0.05) is 19.2 Å². The molecule has 1 aromatic carbocycles. The van der Waals surface area contributed by atoms with E-state index in [2.05, 4.69) is 0 Å². The Balaban J connectivity index is 1.93. The van der Waals surface area contributed by atoms with E-state index < -0.39 is 22.7 Å². The van der Waals surface area contributed by atoms with Crippen molar-refractivity contribution in [3.8, 4) is 11.5 Å². The molecule has 2 aliphatic heterocycles. The van der Waals surface area contributed by atoms with E-state index in [-0.39, 0.29) is 42.4 Å². The van der Waals surface area contributed by atoms with Gasteiger partial charge >= 0.3 is 5.97 Å². The van der Waals surface area contributed by atoms with Crippen molar-refractivity contribution in [1.82, 2.24) is 4.90 Å². The lowest BCUT2D eigenvalue weighted by molar-refractivity contribution is -0.385. The maximum absolute atomic E-state index is 12.6. The number of nitro groups is 1. The highest BCUT2D eigenvalue weighted by molar-refractivity contribution is 5.99. The van der Waals surface area contributed by atoms with Crippen molar-refractivity contribution in [2.45, 2.75) is 6.42 Å². The summed E-state index contributed by atoms with van der Waals surface area (Å²) in [5, 5.41) is 20.2. The monoisotopic (exact) mass is 322 g/mol. The number of nitrogens with zero attached hydrogens (tertiary/aromatic N) is 2. The average molecular weight is 322 g/mol. The van der Waals surface area contributed by atoms with Crippen molar-refractivity contribution >= 4 is 17.6 Å². The van der Waals surface area contributed by atoms with Gasteiger partial charge in [-0.3, -0.25) is 19.7 Å². The molecule has 2 heterocycles. The zero-order valence-corrected chi connectivity index (χ0v) is 12.1. The molecule has 1 amide bonds. The van der Waals surface area contributed by atoms with Crippen molar-refractivity contribution in [3.05, 3.63) is 27.8 Å². The maximum Gasteiger partial charge on any atom is 0.308 e.